The average molecular weight is 535 g/mol. The number of hydrogen-bond donors (Lipinski definition) is 1. The minimum absolute atomic E-state index is 0.0119. The fourth-order valence-corrected chi connectivity index (χ4v) is 5.88. The van der Waals surface area contributed by atoms with Gasteiger partial charge in [0.1, 0.15) is 11.9 Å². The first-order chi connectivity index (χ1) is 17.6. The number of nitrogens with zero attached hydrogens (tertiary/aromatic N) is 2. The van der Waals surface area contributed by atoms with Gasteiger partial charge in [0, 0.05) is 26.6 Å². The molecule has 1 aliphatic heterocycles. The van der Waals surface area contributed by atoms with Gasteiger partial charge < -0.3 is 24.2 Å². The Morgan fingerprint density at radius 3 is 2.35 bits per heavy atom. The number of aliphatic hydroxyl groups is 1. The van der Waals surface area contributed by atoms with E-state index < -0.39 is 28.3 Å². The molecule has 1 aliphatic rings. The molecule has 1 fully saturated rings. The zero-order chi connectivity index (χ0) is 27.0. The molecule has 2 aromatic carbocycles. The number of methoxy groups -OCH3 is 1. The number of carbonyl (C=O) groups is 1. The molecule has 3 rings (SSSR count). The molecular formula is C27H38N2O7S. The van der Waals surface area contributed by atoms with E-state index in [1.165, 1.54) is 28.4 Å². The quantitative estimate of drug-likeness (QED) is 0.446. The number of hydrogen-bond acceptors (Lipinski definition) is 7. The second-order valence-electron chi connectivity index (χ2n) is 9.70. The number of sulfonamides is 1. The van der Waals surface area contributed by atoms with Crippen molar-refractivity contribution >= 4 is 16.1 Å². The van der Waals surface area contributed by atoms with Crippen molar-refractivity contribution in [3.05, 3.63) is 60.2 Å². The maximum atomic E-state index is 13.6. The summed E-state index contributed by atoms with van der Waals surface area (Å²) in [6, 6.07) is 14.9. The summed E-state index contributed by atoms with van der Waals surface area (Å²) in [6.45, 7) is 4.72. The van der Waals surface area contributed by atoms with Crippen LogP contribution in [0.25, 0.3) is 0 Å². The van der Waals surface area contributed by atoms with Crippen LogP contribution in [0.15, 0.2) is 59.5 Å². The Labute approximate surface area is 220 Å². The summed E-state index contributed by atoms with van der Waals surface area (Å²) in [6.07, 6.45) is -1.15. The predicted octanol–water partition coefficient (Wildman–Crippen LogP) is 3.17. The van der Waals surface area contributed by atoms with E-state index in [2.05, 4.69) is 0 Å². The first-order valence-electron chi connectivity index (χ1n) is 12.5. The van der Waals surface area contributed by atoms with Crippen LogP contribution in [0, 0.1) is 5.92 Å². The number of rotatable bonds is 12. The van der Waals surface area contributed by atoms with Crippen LogP contribution in [0.3, 0.4) is 0 Å². The largest absolute Gasteiger partial charge is 0.497 e. The summed E-state index contributed by atoms with van der Waals surface area (Å²) < 4.78 is 44.5. The van der Waals surface area contributed by atoms with Gasteiger partial charge in [-0.25, -0.2) is 13.2 Å². The molecule has 0 radical (unpaired) electrons. The van der Waals surface area contributed by atoms with E-state index in [1.54, 1.807) is 19.2 Å². The van der Waals surface area contributed by atoms with Crippen LogP contribution in [0.1, 0.15) is 25.8 Å². The van der Waals surface area contributed by atoms with Crippen LogP contribution in [0.4, 0.5) is 4.79 Å². The molecule has 0 aliphatic carbocycles. The molecule has 0 spiro atoms. The van der Waals surface area contributed by atoms with Gasteiger partial charge >= 0.3 is 6.09 Å². The molecule has 9 nitrogen and oxygen atoms in total. The molecule has 204 valence electrons. The van der Waals surface area contributed by atoms with Crippen molar-refractivity contribution in [2.24, 2.45) is 5.92 Å². The average Bonchev–Trinajstić information content (AvgIpc) is 3.39. The molecule has 10 heteroatoms. The van der Waals surface area contributed by atoms with Crippen LogP contribution in [-0.4, -0.2) is 87.5 Å². The minimum Gasteiger partial charge on any atom is -0.497 e. The summed E-state index contributed by atoms with van der Waals surface area (Å²) >= 11 is 0. The van der Waals surface area contributed by atoms with E-state index in [0.717, 1.165) is 5.56 Å². The Bertz CT molecular complexity index is 1090. The van der Waals surface area contributed by atoms with Gasteiger partial charge in [0.25, 0.3) is 0 Å². The lowest BCUT2D eigenvalue weighted by Gasteiger charge is -2.35. The molecule has 0 aromatic heterocycles. The molecule has 1 heterocycles. The predicted molar refractivity (Wildman–Crippen MR) is 140 cm³/mol. The zero-order valence-electron chi connectivity index (χ0n) is 21.9. The van der Waals surface area contributed by atoms with Gasteiger partial charge in [-0.1, -0.05) is 44.2 Å². The fourth-order valence-electron chi connectivity index (χ4n) is 4.26. The van der Waals surface area contributed by atoms with E-state index in [-0.39, 0.29) is 30.0 Å². The van der Waals surface area contributed by atoms with Gasteiger partial charge in [-0.2, -0.15) is 4.31 Å². The van der Waals surface area contributed by atoms with Crippen LogP contribution in [-0.2, 0) is 25.9 Å². The van der Waals surface area contributed by atoms with Gasteiger partial charge in [-0.05, 0) is 42.2 Å². The Morgan fingerprint density at radius 2 is 1.78 bits per heavy atom. The van der Waals surface area contributed by atoms with E-state index in [9.17, 15) is 18.3 Å². The highest BCUT2D eigenvalue weighted by Crippen LogP contribution is 2.23. The third-order valence-electron chi connectivity index (χ3n) is 6.33. The van der Waals surface area contributed by atoms with Crippen molar-refractivity contribution in [3.8, 4) is 5.75 Å². The van der Waals surface area contributed by atoms with E-state index in [1.807, 2.05) is 44.2 Å². The van der Waals surface area contributed by atoms with Crippen molar-refractivity contribution in [1.82, 2.24) is 9.21 Å². The molecule has 0 unspecified atom stereocenters. The van der Waals surface area contributed by atoms with Crippen molar-refractivity contribution in [3.63, 3.8) is 0 Å². The summed E-state index contributed by atoms with van der Waals surface area (Å²) in [4.78, 5) is 14.4. The van der Waals surface area contributed by atoms with Crippen molar-refractivity contribution in [1.29, 1.82) is 0 Å². The summed E-state index contributed by atoms with van der Waals surface area (Å²) in [5.74, 6) is 0.558. The molecule has 3 atom stereocenters. The lowest BCUT2D eigenvalue weighted by molar-refractivity contribution is 0.0176. The second-order valence-corrected chi connectivity index (χ2v) is 11.6. The standard InChI is InChI=1S/C27H38N2O7S/c1-20(2)17-29(37(32,33)24-12-10-22(34-4)11-13-24)18-26(30)25(16-21-8-6-5-7-9-21)28(3)27(31)36-23-14-15-35-19-23/h5-13,20,23,25-26,30H,14-19H2,1-4H3/t23-,25-,26+/m0/s1. The van der Waals surface area contributed by atoms with Gasteiger partial charge in [0.15, 0.2) is 0 Å². The van der Waals surface area contributed by atoms with Crippen molar-refractivity contribution in [2.75, 3.05) is 40.5 Å². The first kappa shape index (κ1) is 28.9. The zero-order valence-corrected chi connectivity index (χ0v) is 22.8. The molecule has 2 aromatic rings. The highest BCUT2D eigenvalue weighted by molar-refractivity contribution is 7.89. The Morgan fingerprint density at radius 1 is 1.11 bits per heavy atom. The van der Waals surface area contributed by atoms with Crippen molar-refractivity contribution < 1.29 is 32.5 Å². The monoisotopic (exact) mass is 534 g/mol. The topological polar surface area (TPSA) is 106 Å². The summed E-state index contributed by atoms with van der Waals surface area (Å²) in [5.41, 5.74) is 0.906. The Kier molecular flexibility index (Phi) is 10.3. The SMILES string of the molecule is COc1ccc(S(=O)(=O)N(CC(C)C)C[C@@H](O)[C@H](Cc2ccccc2)N(C)C(=O)O[C@H]2CCOC2)cc1. The minimum atomic E-state index is -3.92. The van der Waals surface area contributed by atoms with E-state index >= 15 is 0 Å². The van der Waals surface area contributed by atoms with Crippen LogP contribution in [0.5, 0.6) is 5.75 Å². The Balaban J connectivity index is 1.85. The second kappa shape index (κ2) is 13.2. The first-order valence-corrected chi connectivity index (χ1v) is 13.9. The molecular weight excluding hydrogens is 496 g/mol. The molecule has 37 heavy (non-hydrogen) atoms. The highest BCUT2D eigenvalue weighted by Gasteiger charge is 2.35. The smallest absolute Gasteiger partial charge is 0.410 e. The highest BCUT2D eigenvalue weighted by atomic mass is 32.2. The third kappa shape index (κ3) is 7.91. The van der Waals surface area contributed by atoms with Gasteiger partial charge in [0.2, 0.25) is 10.0 Å². The van der Waals surface area contributed by atoms with E-state index in [4.69, 9.17) is 14.2 Å². The number of carbonyl (C=O) groups excluding carboxylic acids is 1. The van der Waals surface area contributed by atoms with Gasteiger partial charge in [0.05, 0.1) is 37.4 Å². The third-order valence-corrected chi connectivity index (χ3v) is 8.18. The van der Waals surface area contributed by atoms with Crippen molar-refractivity contribution in [2.45, 2.75) is 49.8 Å². The number of benzene rings is 2. The molecule has 1 saturated heterocycles. The molecule has 0 bridgehead atoms. The lowest BCUT2D eigenvalue weighted by atomic mass is 10.00. The summed E-state index contributed by atoms with van der Waals surface area (Å²) in [5, 5.41) is 11.4. The Hall–Kier alpha value is -2.66. The lowest BCUT2D eigenvalue weighted by Crippen LogP contribution is -2.52. The number of likely N-dealkylation sites (N-methyl/N-ethyl adjacent to an activating group) is 1. The van der Waals surface area contributed by atoms with E-state index in [0.29, 0.717) is 31.8 Å². The van der Waals surface area contributed by atoms with Gasteiger partial charge in [-0.3, -0.25) is 0 Å². The number of ether oxygens (including phenoxy) is 3. The molecule has 1 amide bonds. The molecule has 0 saturated carbocycles. The summed E-state index contributed by atoms with van der Waals surface area (Å²) in [7, 11) is -0.838. The van der Waals surface area contributed by atoms with Crippen LogP contribution < -0.4 is 4.74 Å². The molecule has 1 N–H and O–H groups in total. The van der Waals surface area contributed by atoms with Crippen LogP contribution in [0.2, 0.25) is 0 Å². The fraction of sp³-hybridized carbons (Fsp3) is 0.519. The number of amides is 1. The van der Waals surface area contributed by atoms with Gasteiger partial charge in [-0.15, -0.1) is 0 Å². The maximum Gasteiger partial charge on any atom is 0.410 e. The number of aliphatic hydroxyl groups excluding tert-OH is 1. The maximum absolute atomic E-state index is 13.6. The van der Waals surface area contributed by atoms with Crippen LogP contribution >= 0.6 is 0 Å². The normalized spacial score (nSPS) is 17.5.